The molecule has 0 fully saturated rings. The summed E-state index contributed by atoms with van der Waals surface area (Å²) in [6.45, 7) is 9.22. The molecule has 0 bridgehead atoms. The van der Waals surface area contributed by atoms with Crippen LogP contribution >= 0.6 is 0 Å². The van der Waals surface area contributed by atoms with E-state index in [0.29, 0.717) is 42.6 Å². The molecule has 1 aliphatic rings. The molecule has 12 nitrogen and oxygen atoms in total. The number of hydrogen-bond acceptors (Lipinski definition) is 11. The van der Waals surface area contributed by atoms with Crippen LogP contribution in [0.3, 0.4) is 0 Å². The van der Waals surface area contributed by atoms with Gasteiger partial charge < -0.3 is 19.5 Å². The number of dihydropyridines is 1. The van der Waals surface area contributed by atoms with Crippen molar-refractivity contribution >= 4 is 27.7 Å². The maximum absolute atomic E-state index is 13.5. The molecular weight excluding hydrogens is 616 g/mol. The highest BCUT2D eigenvalue weighted by molar-refractivity contribution is 7.86. The molecule has 0 spiro atoms. The first-order chi connectivity index (χ1) is 21.8. The van der Waals surface area contributed by atoms with Gasteiger partial charge in [0.1, 0.15) is 6.61 Å². The second-order valence-electron chi connectivity index (χ2n) is 11.2. The summed E-state index contributed by atoms with van der Waals surface area (Å²) in [4.78, 5) is 37.9. The number of carbonyl (C=O) groups excluding carboxylic acids is 2. The van der Waals surface area contributed by atoms with Crippen molar-refractivity contribution in [3.63, 3.8) is 0 Å². The Bertz CT molecular complexity index is 1560. The number of aryl methyl sites for hydroxylation is 1. The van der Waals surface area contributed by atoms with E-state index < -0.39 is 32.9 Å². The van der Waals surface area contributed by atoms with Crippen molar-refractivity contribution in [3.05, 3.63) is 92.3 Å². The summed E-state index contributed by atoms with van der Waals surface area (Å²) in [6.07, 6.45) is 2.27. The Labute approximate surface area is 270 Å². The topological polar surface area (TPSA) is 160 Å². The van der Waals surface area contributed by atoms with Gasteiger partial charge in [0.15, 0.2) is 0 Å². The average Bonchev–Trinajstić information content (AvgIpc) is 3.00. The molecule has 1 unspecified atom stereocenters. The lowest BCUT2D eigenvalue weighted by Gasteiger charge is -2.30. The van der Waals surface area contributed by atoms with E-state index in [9.17, 15) is 28.1 Å². The van der Waals surface area contributed by atoms with Gasteiger partial charge >= 0.3 is 11.9 Å². The van der Waals surface area contributed by atoms with E-state index in [1.807, 2.05) is 20.8 Å². The zero-order valence-corrected chi connectivity index (χ0v) is 27.7. The van der Waals surface area contributed by atoms with Crippen molar-refractivity contribution < 1.29 is 41.3 Å². The van der Waals surface area contributed by atoms with E-state index in [1.54, 1.807) is 32.0 Å². The number of carbonyl (C=O) groups is 2. The monoisotopic (exact) mass is 658 g/mol. The van der Waals surface area contributed by atoms with Gasteiger partial charge in [0.2, 0.25) is 0 Å². The first kappa shape index (κ1) is 36.4. The highest BCUT2D eigenvalue weighted by atomic mass is 32.2. The number of ether oxygens (including phenoxy) is 3. The Kier molecular flexibility index (Phi) is 13.5. The van der Waals surface area contributed by atoms with Crippen LogP contribution in [-0.2, 0) is 38.1 Å². The molecule has 1 atom stereocenters. The van der Waals surface area contributed by atoms with Crippen LogP contribution in [0.25, 0.3) is 0 Å². The van der Waals surface area contributed by atoms with Crippen molar-refractivity contribution in [2.24, 2.45) is 0 Å². The maximum atomic E-state index is 13.5. The van der Waals surface area contributed by atoms with Crippen LogP contribution in [-0.4, -0.2) is 57.8 Å². The Morgan fingerprint density at radius 3 is 2.02 bits per heavy atom. The molecule has 2 aromatic rings. The predicted octanol–water partition coefficient (Wildman–Crippen LogP) is 5.62. The zero-order valence-electron chi connectivity index (χ0n) is 26.9. The van der Waals surface area contributed by atoms with Crippen LogP contribution in [0.1, 0.15) is 70.4 Å². The standard InChI is InChI=1S/C33H42N2O10S/c1-22(2)42-19-20-44-33(37)30-25(5)34-24(4)29(31(30)26-11-10-12-27(21-26)35(38)39)32(36)43-17-8-6-7-9-18-45-46(40,41)28-15-13-23(3)14-16-28/h10-16,21-22,31,34H,6-9,17-20H2,1-5H3. The molecule has 0 saturated heterocycles. The highest BCUT2D eigenvalue weighted by Crippen LogP contribution is 2.40. The first-order valence-electron chi connectivity index (χ1n) is 15.2. The lowest BCUT2D eigenvalue weighted by Crippen LogP contribution is -2.33. The van der Waals surface area contributed by atoms with Gasteiger partial charge in [0.05, 0.1) is 52.8 Å². The van der Waals surface area contributed by atoms with Crippen LogP contribution in [0.4, 0.5) is 5.69 Å². The maximum Gasteiger partial charge on any atom is 0.336 e. The summed E-state index contributed by atoms with van der Waals surface area (Å²) in [5, 5.41) is 14.6. The average molecular weight is 659 g/mol. The van der Waals surface area contributed by atoms with Gasteiger partial charge in [-0.3, -0.25) is 14.3 Å². The number of unbranched alkanes of at least 4 members (excludes halogenated alkanes) is 3. The molecule has 0 saturated carbocycles. The smallest absolute Gasteiger partial charge is 0.336 e. The minimum atomic E-state index is -3.82. The van der Waals surface area contributed by atoms with Crippen LogP contribution in [0.2, 0.25) is 0 Å². The van der Waals surface area contributed by atoms with E-state index in [-0.39, 0.29) is 54.3 Å². The highest BCUT2D eigenvalue weighted by Gasteiger charge is 2.38. The Balaban J connectivity index is 1.63. The predicted molar refractivity (Wildman–Crippen MR) is 170 cm³/mol. The SMILES string of the molecule is CC1=C(C(=O)OCCCCCCOS(=O)(=O)c2ccc(C)cc2)C(c2cccc([N+](=O)[O-])c2)C(C(=O)OCCOC(C)C)=C(C)N1. The summed E-state index contributed by atoms with van der Waals surface area (Å²) in [7, 11) is -3.82. The molecule has 1 N–H and O–H groups in total. The minimum absolute atomic E-state index is 0.0130. The van der Waals surface area contributed by atoms with Crippen LogP contribution in [0.15, 0.2) is 76.0 Å². The van der Waals surface area contributed by atoms with E-state index in [0.717, 1.165) is 5.56 Å². The summed E-state index contributed by atoms with van der Waals surface area (Å²) in [6, 6.07) is 12.2. The van der Waals surface area contributed by atoms with Crippen LogP contribution < -0.4 is 5.32 Å². The second-order valence-corrected chi connectivity index (χ2v) is 12.8. The van der Waals surface area contributed by atoms with Gasteiger partial charge in [-0.15, -0.1) is 0 Å². The number of nitro groups is 1. The van der Waals surface area contributed by atoms with Gasteiger partial charge in [-0.2, -0.15) is 8.42 Å². The van der Waals surface area contributed by atoms with Gasteiger partial charge in [0, 0.05) is 23.5 Å². The molecule has 0 amide bonds. The van der Waals surface area contributed by atoms with Gasteiger partial charge in [-0.1, -0.05) is 36.2 Å². The fraction of sp³-hybridized carbons (Fsp3) is 0.455. The molecule has 2 aromatic carbocycles. The minimum Gasteiger partial charge on any atom is -0.462 e. The third-order valence-electron chi connectivity index (χ3n) is 7.20. The van der Waals surface area contributed by atoms with E-state index >= 15 is 0 Å². The number of esters is 2. The fourth-order valence-electron chi connectivity index (χ4n) is 4.92. The summed E-state index contributed by atoms with van der Waals surface area (Å²) >= 11 is 0. The van der Waals surface area contributed by atoms with Gasteiger partial charge in [-0.05, 0) is 71.6 Å². The Morgan fingerprint density at radius 2 is 1.43 bits per heavy atom. The van der Waals surface area contributed by atoms with Crippen molar-refractivity contribution in [1.29, 1.82) is 0 Å². The quantitative estimate of drug-likeness (QED) is 0.0739. The molecule has 0 aliphatic carbocycles. The molecule has 1 heterocycles. The second kappa shape index (κ2) is 17.0. The lowest BCUT2D eigenvalue weighted by molar-refractivity contribution is -0.384. The number of nitrogens with one attached hydrogen (secondary N) is 1. The molecule has 3 rings (SSSR count). The van der Waals surface area contributed by atoms with Gasteiger partial charge in [-0.25, -0.2) is 9.59 Å². The first-order valence-corrected chi connectivity index (χ1v) is 16.6. The molecule has 13 heteroatoms. The summed E-state index contributed by atoms with van der Waals surface area (Å²) < 4.78 is 46.3. The molecule has 1 aliphatic heterocycles. The largest absolute Gasteiger partial charge is 0.462 e. The van der Waals surface area contributed by atoms with Crippen LogP contribution in [0, 0.1) is 17.0 Å². The number of rotatable bonds is 17. The number of non-ortho nitro benzene ring substituents is 1. The third kappa shape index (κ3) is 10.2. The number of nitro benzene ring substituents is 1. The molecule has 0 aromatic heterocycles. The lowest BCUT2D eigenvalue weighted by atomic mass is 9.80. The number of nitrogens with zero attached hydrogens (tertiary/aromatic N) is 1. The third-order valence-corrected chi connectivity index (χ3v) is 8.53. The molecule has 0 radical (unpaired) electrons. The number of allylic oxidation sites excluding steroid dienone is 2. The fourth-order valence-corrected chi connectivity index (χ4v) is 5.87. The van der Waals surface area contributed by atoms with E-state index in [4.69, 9.17) is 18.4 Å². The van der Waals surface area contributed by atoms with Crippen molar-refractivity contribution in [1.82, 2.24) is 5.32 Å². The number of benzene rings is 2. The Hall–Kier alpha value is -4.07. The van der Waals surface area contributed by atoms with Crippen LogP contribution in [0.5, 0.6) is 0 Å². The van der Waals surface area contributed by atoms with Crippen molar-refractivity contribution in [2.45, 2.75) is 77.2 Å². The van der Waals surface area contributed by atoms with E-state index in [2.05, 4.69) is 5.32 Å². The molecule has 250 valence electrons. The Morgan fingerprint density at radius 1 is 0.848 bits per heavy atom. The molecule has 46 heavy (non-hydrogen) atoms. The normalized spacial score (nSPS) is 15.1. The number of hydrogen-bond donors (Lipinski definition) is 1. The summed E-state index contributed by atoms with van der Waals surface area (Å²) in [5.41, 5.74) is 2.31. The zero-order chi connectivity index (χ0) is 33.9. The molecular formula is C33H42N2O10S. The van der Waals surface area contributed by atoms with Crippen molar-refractivity contribution in [3.8, 4) is 0 Å². The van der Waals surface area contributed by atoms with E-state index in [1.165, 1.54) is 30.3 Å². The van der Waals surface area contributed by atoms with Crippen molar-refractivity contribution in [2.75, 3.05) is 26.4 Å². The van der Waals surface area contributed by atoms with Gasteiger partial charge in [0.25, 0.3) is 15.8 Å². The summed E-state index contributed by atoms with van der Waals surface area (Å²) in [5.74, 6) is -2.33.